The second kappa shape index (κ2) is 8.33. The van der Waals surface area contributed by atoms with Crippen molar-refractivity contribution in [1.29, 1.82) is 0 Å². The molecule has 0 atom stereocenters. The maximum atomic E-state index is 13.4. The Labute approximate surface area is 132 Å². The molecule has 0 spiro atoms. The number of hydrogen-bond acceptors (Lipinski definition) is 2. The van der Waals surface area contributed by atoms with Gasteiger partial charge in [-0.25, -0.2) is 13.2 Å². The van der Waals surface area contributed by atoms with E-state index in [1.165, 1.54) is 18.2 Å². The summed E-state index contributed by atoms with van der Waals surface area (Å²) in [5.41, 5.74) is 0.958. The van der Waals surface area contributed by atoms with E-state index in [0.717, 1.165) is 17.7 Å². The minimum Gasteiger partial charge on any atom is -0.324 e. The zero-order valence-electron chi connectivity index (χ0n) is 12.4. The third-order valence-corrected chi connectivity index (χ3v) is 3.24. The van der Waals surface area contributed by atoms with Crippen LogP contribution in [0.4, 0.5) is 18.9 Å². The Bertz CT molecular complexity index is 659. The van der Waals surface area contributed by atoms with E-state index in [4.69, 9.17) is 0 Å². The predicted octanol–water partition coefficient (Wildman–Crippen LogP) is 3.26. The van der Waals surface area contributed by atoms with Crippen molar-refractivity contribution in [3.8, 4) is 0 Å². The number of hydrogen-bond donors (Lipinski definition) is 2. The van der Waals surface area contributed by atoms with Gasteiger partial charge in [-0.1, -0.05) is 12.1 Å². The van der Waals surface area contributed by atoms with Crippen LogP contribution in [0, 0.1) is 17.5 Å². The van der Waals surface area contributed by atoms with Crippen LogP contribution < -0.4 is 10.6 Å². The van der Waals surface area contributed by atoms with Gasteiger partial charge in [0.15, 0.2) is 0 Å². The van der Waals surface area contributed by atoms with Crippen LogP contribution in [0.1, 0.15) is 12.0 Å². The van der Waals surface area contributed by atoms with Gasteiger partial charge in [0.25, 0.3) is 0 Å². The van der Waals surface area contributed by atoms with Gasteiger partial charge in [-0.3, -0.25) is 4.79 Å². The molecule has 0 fully saturated rings. The number of anilines is 1. The van der Waals surface area contributed by atoms with Crippen LogP contribution in [-0.4, -0.2) is 19.0 Å². The Hall–Kier alpha value is -2.34. The molecule has 0 saturated heterocycles. The highest BCUT2D eigenvalue weighted by molar-refractivity contribution is 5.90. The summed E-state index contributed by atoms with van der Waals surface area (Å²) in [4.78, 5) is 11.7. The first kappa shape index (κ1) is 17.0. The molecule has 6 heteroatoms. The summed E-state index contributed by atoms with van der Waals surface area (Å²) in [6.07, 6.45) is 0.884. The lowest BCUT2D eigenvalue weighted by atomic mass is 10.1. The van der Waals surface area contributed by atoms with Crippen molar-refractivity contribution in [2.45, 2.75) is 12.8 Å². The molecule has 2 aromatic carbocycles. The van der Waals surface area contributed by atoms with Gasteiger partial charge in [-0.05, 0) is 42.8 Å². The maximum absolute atomic E-state index is 13.4. The van der Waals surface area contributed by atoms with Crippen molar-refractivity contribution in [1.82, 2.24) is 5.32 Å². The molecule has 0 aromatic heterocycles. The zero-order valence-corrected chi connectivity index (χ0v) is 12.4. The smallest absolute Gasteiger partial charge is 0.225 e. The fraction of sp³-hybridized carbons (Fsp3) is 0.235. The molecule has 122 valence electrons. The number of benzene rings is 2. The minimum atomic E-state index is -0.803. The summed E-state index contributed by atoms with van der Waals surface area (Å²) in [6, 6.07) is 9.21. The van der Waals surface area contributed by atoms with Crippen LogP contribution >= 0.6 is 0 Å². The first-order valence-corrected chi connectivity index (χ1v) is 7.24. The van der Waals surface area contributed by atoms with Crippen LogP contribution in [0.5, 0.6) is 0 Å². The van der Waals surface area contributed by atoms with Crippen molar-refractivity contribution < 1.29 is 18.0 Å². The lowest BCUT2D eigenvalue weighted by Gasteiger charge is -2.07. The molecular weight excluding hydrogens is 305 g/mol. The van der Waals surface area contributed by atoms with Crippen molar-refractivity contribution >= 4 is 11.6 Å². The average Bonchev–Trinajstić information content (AvgIpc) is 2.51. The van der Waals surface area contributed by atoms with Gasteiger partial charge < -0.3 is 10.6 Å². The number of halogens is 3. The highest BCUT2D eigenvalue weighted by atomic mass is 19.1. The number of nitrogens with one attached hydrogen (secondary N) is 2. The summed E-state index contributed by atoms with van der Waals surface area (Å²) < 4.78 is 38.9. The van der Waals surface area contributed by atoms with Gasteiger partial charge in [-0.15, -0.1) is 0 Å². The molecule has 0 heterocycles. The molecule has 0 aliphatic heterocycles. The van der Waals surface area contributed by atoms with Crippen molar-refractivity contribution in [2.75, 3.05) is 18.4 Å². The lowest BCUT2D eigenvalue weighted by Crippen LogP contribution is -2.23. The molecule has 2 aromatic rings. The van der Waals surface area contributed by atoms with Gasteiger partial charge in [0.05, 0.1) is 5.69 Å². The van der Waals surface area contributed by atoms with Crippen LogP contribution in [0.15, 0.2) is 42.5 Å². The highest BCUT2D eigenvalue weighted by Gasteiger charge is 2.07. The number of carbonyl (C=O) groups is 1. The summed E-state index contributed by atoms with van der Waals surface area (Å²) >= 11 is 0. The molecule has 0 bridgehead atoms. The fourth-order valence-corrected chi connectivity index (χ4v) is 2.01. The van der Waals surface area contributed by atoms with E-state index >= 15 is 0 Å². The van der Waals surface area contributed by atoms with Crippen LogP contribution in [0.25, 0.3) is 0 Å². The third kappa shape index (κ3) is 5.75. The topological polar surface area (TPSA) is 41.1 Å². The quantitative estimate of drug-likeness (QED) is 0.768. The van der Waals surface area contributed by atoms with Gasteiger partial charge in [-0.2, -0.15) is 0 Å². The standard InChI is InChI=1S/C17H17F3N2O/c18-13-3-1-12(2-4-13)7-9-21-10-8-17(23)22-16-6-5-14(19)11-15(16)20/h1-6,11,21H,7-10H2,(H,22,23). The van der Waals surface area contributed by atoms with Gasteiger partial charge >= 0.3 is 0 Å². The van der Waals surface area contributed by atoms with E-state index in [9.17, 15) is 18.0 Å². The predicted molar refractivity (Wildman–Crippen MR) is 82.6 cm³/mol. The Morgan fingerprint density at radius 1 is 0.913 bits per heavy atom. The Morgan fingerprint density at radius 2 is 1.61 bits per heavy atom. The summed E-state index contributed by atoms with van der Waals surface area (Å²) in [5, 5.41) is 5.47. The first-order valence-electron chi connectivity index (χ1n) is 7.24. The minimum absolute atomic E-state index is 0.0392. The normalized spacial score (nSPS) is 10.6. The van der Waals surface area contributed by atoms with Crippen molar-refractivity contribution in [3.05, 3.63) is 65.5 Å². The molecular formula is C17H17F3N2O. The number of carbonyl (C=O) groups excluding carboxylic acids is 1. The molecule has 1 amide bonds. The summed E-state index contributed by atoms with van der Waals surface area (Å²) in [5.74, 6) is -2.12. The summed E-state index contributed by atoms with van der Waals surface area (Å²) in [6.45, 7) is 1.07. The monoisotopic (exact) mass is 322 g/mol. The van der Waals surface area contributed by atoms with E-state index in [-0.39, 0.29) is 23.8 Å². The number of amides is 1. The second-order valence-electron chi connectivity index (χ2n) is 5.05. The van der Waals surface area contributed by atoms with E-state index in [1.54, 1.807) is 12.1 Å². The summed E-state index contributed by atoms with van der Waals surface area (Å²) in [7, 11) is 0. The molecule has 0 radical (unpaired) electrons. The molecule has 23 heavy (non-hydrogen) atoms. The van der Waals surface area contributed by atoms with Crippen LogP contribution in [0.3, 0.4) is 0 Å². The number of rotatable bonds is 7. The molecule has 0 aliphatic carbocycles. The van der Waals surface area contributed by atoms with Crippen LogP contribution in [-0.2, 0) is 11.2 Å². The lowest BCUT2D eigenvalue weighted by molar-refractivity contribution is -0.116. The fourth-order valence-electron chi connectivity index (χ4n) is 2.01. The maximum Gasteiger partial charge on any atom is 0.225 e. The largest absolute Gasteiger partial charge is 0.324 e. The highest BCUT2D eigenvalue weighted by Crippen LogP contribution is 2.14. The zero-order chi connectivity index (χ0) is 16.7. The van der Waals surface area contributed by atoms with Gasteiger partial charge in [0.2, 0.25) is 5.91 Å². The van der Waals surface area contributed by atoms with E-state index in [0.29, 0.717) is 19.5 Å². The average molecular weight is 322 g/mol. The van der Waals surface area contributed by atoms with E-state index in [2.05, 4.69) is 10.6 Å². The van der Waals surface area contributed by atoms with E-state index in [1.807, 2.05) is 0 Å². The van der Waals surface area contributed by atoms with Gasteiger partial charge in [0, 0.05) is 19.0 Å². The second-order valence-corrected chi connectivity index (χ2v) is 5.05. The Kier molecular flexibility index (Phi) is 6.17. The molecule has 0 saturated carbocycles. The van der Waals surface area contributed by atoms with Gasteiger partial charge in [0.1, 0.15) is 17.5 Å². The van der Waals surface area contributed by atoms with Crippen LogP contribution in [0.2, 0.25) is 0 Å². The SMILES string of the molecule is O=C(CCNCCc1ccc(F)cc1)Nc1ccc(F)cc1F. The molecule has 0 aliphatic rings. The van der Waals surface area contributed by atoms with E-state index < -0.39 is 11.6 Å². The molecule has 2 N–H and O–H groups in total. The first-order chi connectivity index (χ1) is 11.0. The Balaban J connectivity index is 1.65. The molecule has 0 unspecified atom stereocenters. The third-order valence-electron chi connectivity index (χ3n) is 3.24. The van der Waals surface area contributed by atoms with Crippen molar-refractivity contribution in [2.24, 2.45) is 0 Å². The molecule has 2 rings (SSSR count). The Morgan fingerprint density at radius 3 is 2.30 bits per heavy atom. The van der Waals surface area contributed by atoms with Crippen molar-refractivity contribution in [3.63, 3.8) is 0 Å². The molecule has 3 nitrogen and oxygen atoms in total.